The number of hydrogen-bond acceptors (Lipinski definition) is 2. The van der Waals surface area contributed by atoms with Gasteiger partial charge in [-0.25, -0.2) is 4.98 Å². The van der Waals surface area contributed by atoms with Crippen molar-refractivity contribution in [1.29, 1.82) is 0 Å². The minimum atomic E-state index is 0.0265. The van der Waals surface area contributed by atoms with Crippen LogP contribution in [0, 0.1) is 6.92 Å². The van der Waals surface area contributed by atoms with Crippen LogP contribution < -0.4 is 5.56 Å². The maximum atomic E-state index is 12.2. The van der Waals surface area contributed by atoms with Gasteiger partial charge in [-0.1, -0.05) is 26.8 Å². The standard InChI is InChI=1S/C14H18N2O/c1-9-15-12-7-6-10(14(2,3)4)8-11(12)13(17)16(9)5/h6-8H,1-5H3. The zero-order chi connectivity index (χ0) is 12.8. The molecule has 1 aromatic carbocycles. The average Bonchev–Trinajstić information content (AvgIpc) is 2.24. The van der Waals surface area contributed by atoms with Gasteiger partial charge >= 0.3 is 0 Å². The van der Waals surface area contributed by atoms with Crippen LogP contribution in [0.25, 0.3) is 10.9 Å². The molecule has 2 aromatic rings. The summed E-state index contributed by atoms with van der Waals surface area (Å²) in [6.45, 7) is 8.26. The Morgan fingerprint density at radius 3 is 2.47 bits per heavy atom. The first-order valence-electron chi connectivity index (χ1n) is 5.78. The smallest absolute Gasteiger partial charge is 0.261 e. The Morgan fingerprint density at radius 1 is 1.24 bits per heavy atom. The monoisotopic (exact) mass is 230 g/mol. The molecule has 0 atom stereocenters. The molecule has 0 fully saturated rings. The molecule has 0 aliphatic carbocycles. The second kappa shape index (κ2) is 3.69. The molecule has 0 saturated heterocycles. The highest BCUT2D eigenvalue weighted by atomic mass is 16.1. The van der Waals surface area contributed by atoms with Crippen molar-refractivity contribution in [2.24, 2.45) is 7.05 Å². The second-order valence-electron chi connectivity index (χ2n) is 5.51. The van der Waals surface area contributed by atoms with E-state index >= 15 is 0 Å². The van der Waals surface area contributed by atoms with Gasteiger partial charge in [0.2, 0.25) is 0 Å². The molecule has 2 rings (SSSR count). The number of rotatable bonds is 0. The summed E-state index contributed by atoms with van der Waals surface area (Å²) < 4.78 is 1.59. The second-order valence-corrected chi connectivity index (χ2v) is 5.51. The first-order valence-corrected chi connectivity index (χ1v) is 5.78. The van der Waals surface area contributed by atoms with Crippen LogP contribution >= 0.6 is 0 Å². The Morgan fingerprint density at radius 2 is 1.88 bits per heavy atom. The number of aryl methyl sites for hydroxylation is 1. The third kappa shape index (κ3) is 1.97. The van der Waals surface area contributed by atoms with Crippen molar-refractivity contribution >= 4 is 10.9 Å². The highest BCUT2D eigenvalue weighted by Crippen LogP contribution is 2.24. The highest BCUT2D eigenvalue weighted by molar-refractivity contribution is 5.78. The van der Waals surface area contributed by atoms with Crippen LogP contribution in [-0.4, -0.2) is 9.55 Å². The predicted octanol–water partition coefficient (Wildman–Crippen LogP) is 2.54. The molecule has 0 aliphatic rings. The van der Waals surface area contributed by atoms with Gasteiger partial charge in [-0.05, 0) is 30.0 Å². The van der Waals surface area contributed by atoms with Crippen LogP contribution in [0.1, 0.15) is 32.2 Å². The molecule has 3 heteroatoms. The largest absolute Gasteiger partial charge is 0.299 e. The SMILES string of the molecule is Cc1nc2ccc(C(C)(C)C)cc2c(=O)n1C. The average molecular weight is 230 g/mol. The number of benzene rings is 1. The van der Waals surface area contributed by atoms with E-state index < -0.39 is 0 Å². The van der Waals surface area contributed by atoms with Crippen molar-refractivity contribution in [3.8, 4) is 0 Å². The van der Waals surface area contributed by atoms with E-state index in [9.17, 15) is 4.79 Å². The van der Waals surface area contributed by atoms with Gasteiger partial charge in [0.25, 0.3) is 5.56 Å². The fourth-order valence-corrected chi connectivity index (χ4v) is 1.85. The fourth-order valence-electron chi connectivity index (χ4n) is 1.85. The van der Waals surface area contributed by atoms with Gasteiger partial charge in [0.1, 0.15) is 5.82 Å². The molecule has 90 valence electrons. The van der Waals surface area contributed by atoms with Crippen LogP contribution in [0.2, 0.25) is 0 Å². The summed E-state index contributed by atoms with van der Waals surface area (Å²) in [5.41, 5.74) is 2.01. The van der Waals surface area contributed by atoms with E-state index in [4.69, 9.17) is 0 Å². The number of fused-ring (bicyclic) bond motifs is 1. The van der Waals surface area contributed by atoms with E-state index in [2.05, 4.69) is 25.8 Å². The van der Waals surface area contributed by atoms with Crippen LogP contribution in [0.4, 0.5) is 0 Å². The van der Waals surface area contributed by atoms with Crippen molar-refractivity contribution < 1.29 is 0 Å². The Labute approximate surface area is 101 Å². The minimum absolute atomic E-state index is 0.0265. The topological polar surface area (TPSA) is 34.9 Å². The summed E-state index contributed by atoms with van der Waals surface area (Å²) in [6, 6.07) is 5.95. The third-order valence-electron chi connectivity index (χ3n) is 3.17. The molecule has 0 bridgehead atoms. The highest BCUT2D eigenvalue weighted by Gasteiger charge is 2.15. The maximum absolute atomic E-state index is 12.2. The minimum Gasteiger partial charge on any atom is -0.299 e. The molecule has 1 aromatic heterocycles. The van der Waals surface area contributed by atoms with Crippen molar-refractivity contribution in [1.82, 2.24) is 9.55 Å². The van der Waals surface area contributed by atoms with E-state index in [1.807, 2.05) is 25.1 Å². The summed E-state index contributed by atoms with van der Waals surface area (Å²) in [6.07, 6.45) is 0. The Bertz CT molecular complexity index is 633. The van der Waals surface area contributed by atoms with E-state index in [1.54, 1.807) is 11.6 Å². The quantitative estimate of drug-likeness (QED) is 0.697. The third-order valence-corrected chi connectivity index (χ3v) is 3.17. The van der Waals surface area contributed by atoms with Crippen molar-refractivity contribution in [2.75, 3.05) is 0 Å². The first-order chi connectivity index (χ1) is 7.80. The fraction of sp³-hybridized carbons (Fsp3) is 0.429. The molecule has 1 heterocycles. The molecular weight excluding hydrogens is 212 g/mol. The molecule has 3 nitrogen and oxygen atoms in total. The van der Waals surface area contributed by atoms with Gasteiger partial charge < -0.3 is 0 Å². The van der Waals surface area contributed by atoms with Crippen molar-refractivity contribution in [3.63, 3.8) is 0 Å². The summed E-state index contributed by atoms with van der Waals surface area (Å²) in [5.74, 6) is 0.742. The van der Waals surface area contributed by atoms with Crippen molar-refractivity contribution in [3.05, 3.63) is 39.9 Å². The summed E-state index contributed by atoms with van der Waals surface area (Å²) in [5, 5.41) is 0.700. The lowest BCUT2D eigenvalue weighted by molar-refractivity contribution is 0.591. The Balaban J connectivity index is 2.83. The maximum Gasteiger partial charge on any atom is 0.261 e. The van der Waals surface area contributed by atoms with Crippen LogP contribution in [0.5, 0.6) is 0 Å². The summed E-state index contributed by atoms with van der Waals surface area (Å²) >= 11 is 0. The van der Waals surface area contributed by atoms with Crippen LogP contribution in [-0.2, 0) is 12.5 Å². The van der Waals surface area contributed by atoms with Gasteiger partial charge in [-0.15, -0.1) is 0 Å². The Hall–Kier alpha value is -1.64. The first kappa shape index (κ1) is 11.8. The molecule has 0 saturated carbocycles. The number of nitrogens with zero attached hydrogens (tertiary/aromatic N) is 2. The molecular formula is C14H18N2O. The normalized spacial score (nSPS) is 12.1. The van der Waals surface area contributed by atoms with Crippen LogP contribution in [0.3, 0.4) is 0 Å². The Kier molecular flexibility index (Phi) is 2.57. The van der Waals surface area contributed by atoms with Gasteiger partial charge in [0.05, 0.1) is 10.9 Å². The molecule has 0 aliphatic heterocycles. The molecule has 17 heavy (non-hydrogen) atoms. The van der Waals surface area contributed by atoms with Crippen molar-refractivity contribution in [2.45, 2.75) is 33.1 Å². The van der Waals surface area contributed by atoms with Gasteiger partial charge in [-0.3, -0.25) is 9.36 Å². The van der Waals surface area contributed by atoms with E-state index in [0.29, 0.717) is 5.39 Å². The van der Waals surface area contributed by atoms with Crippen LogP contribution in [0.15, 0.2) is 23.0 Å². The lowest BCUT2D eigenvalue weighted by Crippen LogP contribution is -2.21. The summed E-state index contributed by atoms with van der Waals surface area (Å²) in [7, 11) is 1.76. The molecule has 0 radical (unpaired) electrons. The van der Waals surface area contributed by atoms with E-state index in [0.717, 1.165) is 16.9 Å². The molecule has 0 spiro atoms. The molecule has 0 amide bonds. The van der Waals surface area contributed by atoms with Gasteiger partial charge in [0, 0.05) is 7.05 Å². The molecule has 0 unspecified atom stereocenters. The lowest BCUT2D eigenvalue weighted by atomic mass is 9.86. The van der Waals surface area contributed by atoms with E-state index in [1.165, 1.54) is 0 Å². The lowest BCUT2D eigenvalue weighted by Gasteiger charge is -2.19. The number of aromatic nitrogens is 2. The van der Waals surface area contributed by atoms with E-state index in [-0.39, 0.29) is 11.0 Å². The summed E-state index contributed by atoms with van der Waals surface area (Å²) in [4.78, 5) is 16.6. The molecule has 0 N–H and O–H groups in total. The number of hydrogen-bond donors (Lipinski definition) is 0. The zero-order valence-corrected chi connectivity index (χ0v) is 11.0. The predicted molar refractivity (Wildman–Crippen MR) is 70.4 cm³/mol. The zero-order valence-electron chi connectivity index (χ0n) is 11.0. The van der Waals surface area contributed by atoms with Gasteiger partial charge in [-0.2, -0.15) is 0 Å². The van der Waals surface area contributed by atoms with Gasteiger partial charge in [0.15, 0.2) is 0 Å².